The molecule has 9 unspecified atom stereocenters. The number of fused-ring (bicyclic) bond motifs is 7. The summed E-state index contributed by atoms with van der Waals surface area (Å²) in [5.74, 6) is 0. The third-order valence-electron chi connectivity index (χ3n) is 9.63. The molecule has 0 aromatic rings. The van der Waals surface area contributed by atoms with Crippen LogP contribution in [0.5, 0.6) is 0 Å². The monoisotopic (exact) mass is 447 g/mol. The van der Waals surface area contributed by atoms with Crippen LogP contribution in [0.1, 0.15) is 71.6 Å². The molecule has 8 saturated heterocycles. The minimum Gasteiger partial charge on any atom is -0.375 e. The number of morpholine rings is 3. The molecule has 6 bridgehead atoms. The molecule has 8 aliphatic heterocycles. The smallest absolute Gasteiger partial charge is 0.0731 e. The van der Waals surface area contributed by atoms with Crippen molar-refractivity contribution >= 4 is 0 Å². The van der Waals surface area contributed by atoms with Crippen molar-refractivity contribution in [2.45, 2.75) is 126 Å². The molecule has 8 rings (SSSR count). The van der Waals surface area contributed by atoms with Crippen LogP contribution >= 0.6 is 0 Å². The van der Waals surface area contributed by atoms with Crippen LogP contribution in [0.3, 0.4) is 0 Å². The lowest BCUT2D eigenvalue weighted by Crippen LogP contribution is -2.60. The van der Waals surface area contributed by atoms with Gasteiger partial charge in [-0.15, -0.1) is 0 Å². The van der Waals surface area contributed by atoms with Crippen LogP contribution in [0, 0.1) is 0 Å². The molecular weight excluding hydrogens is 402 g/mol. The Hall–Kier alpha value is -0.240. The number of ether oxygens (including phenoxy) is 3. The van der Waals surface area contributed by atoms with Gasteiger partial charge < -0.3 is 14.2 Å². The molecule has 9 atom stereocenters. The zero-order valence-electron chi connectivity index (χ0n) is 20.4. The molecule has 8 aliphatic rings. The van der Waals surface area contributed by atoms with E-state index in [1.165, 1.54) is 57.8 Å². The first-order valence-electron chi connectivity index (χ1n) is 13.8. The second-order valence-corrected chi connectivity index (χ2v) is 11.9. The maximum atomic E-state index is 6.08. The van der Waals surface area contributed by atoms with Crippen molar-refractivity contribution in [2.75, 3.05) is 39.3 Å². The van der Waals surface area contributed by atoms with Crippen molar-refractivity contribution in [1.82, 2.24) is 14.7 Å². The van der Waals surface area contributed by atoms with E-state index in [-0.39, 0.29) is 0 Å². The largest absolute Gasteiger partial charge is 0.375 e. The molecule has 6 nitrogen and oxygen atoms in total. The molecule has 0 aromatic heterocycles. The van der Waals surface area contributed by atoms with Crippen molar-refractivity contribution in [1.29, 1.82) is 0 Å². The van der Waals surface area contributed by atoms with Gasteiger partial charge in [0.2, 0.25) is 0 Å². The Morgan fingerprint density at radius 2 is 1.25 bits per heavy atom. The van der Waals surface area contributed by atoms with E-state index < -0.39 is 0 Å². The van der Waals surface area contributed by atoms with Crippen molar-refractivity contribution in [3.63, 3.8) is 0 Å². The molecule has 0 aromatic carbocycles. The average Bonchev–Trinajstić information content (AvgIpc) is 3.16. The lowest BCUT2D eigenvalue weighted by molar-refractivity contribution is -0.189. The first-order chi connectivity index (χ1) is 15.6. The maximum absolute atomic E-state index is 6.08. The average molecular weight is 448 g/mol. The minimum atomic E-state index is 0.495. The van der Waals surface area contributed by atoms with Crippen molar-refractivity contribution in [2.24, 2.45) is 0 Å². The van der Waals surface area contributed by atoms with Gasteiger partial charge in [-0.05, 0) is 65.2 Å². The van der Waals surface area contributed by atoms with Gasteiger partial charge in [-0.1, -0.05) is 0 Å². The van der Waals surface area contributed by atoms with Crippen molar-refractivity contribution in [3.05, 3.63) is 0 Å². The van der Waals surface area contributed by atoms with Gasteiger partial charge in [0.25, 0.3) is 0 Å². The van der Waals surface area contributed by atoms with Crippen LogP contribution in [0.2, 0.25) is 0 Å². The van der Waals surface area contributed by atoms with Crippen LogP contribution < -0.4 is 0 Å². The molecule has 8 fully saturated rings. The highest BCUT2D eigenvalue weighted by Crippen LogP contribution is 2.34. The summed E-state index contributed by atoms with van der Waals surface area (Å²) < 4.78 is 18.0. The van der Waals surface area contributed by atoms with Crippen LogP contribution in [0.4, 0.5) is 0 Å². The summed E-state index contributed by atoms with van der Waals surface area (Å²) in [6.45, 7) is 11.7. The number of rotatable bonds is 9. The van der Waals surface area contributed by atoms with Crippen LogP contribution in [-0.4, -0.2) is 109 Å². The lowest BCUT2D eigenvalue weighted by atomic mass is 9.90. The molecule has 0 aliphatic carbocycles. The standard InChI is InChI=1S/C26H45N3O3/c1-18(27-12-23-9-10-24(13-27)31-23)3-5-20(28-14-25-11-26(15-28)32-25)6-4-19(2)29-16-22-8-7-21(29)17-30-22/h18-26H,3-17H2,1-2H3. The van der Waals surface area contributed by atoms with E-state index in [1.807, 2.05) is 0 Å². The highest BCUT2D eigenvalue weighted by Gasteiger charge is 2.42. The maximum Gasteiger partial charge on any atom is 0.0731 e. The van der Waals surface area contributed by atoms with Crippen molar-refractivity contribution < 1.29 is 14.2 Å². The molecule has 0 saturated carbocycles. The summed E-state index contributed by atoms with van der Waals surface area (Å²) in [7, 11) is 0. The number of piperidine rings is 2. The quantitative estimate of drug-likeness (QED) is 0.541. The topological polar surface area (TPSA) is 37.4 Å². The Morgan fingerprint density at radius 3 is 1.84 bits per heavy atom. The van der Waals surface area contributed by atoms with E-state index in [0.29, 0.717) is 54.7 Å². The third kappa shape index (κ3) is 4.65. The Bertz CT molecular complexity index is 614. The van der Waals surface area contributed by atoms with Crippen LogP contribution in [-0.2, 0) is 14.2 Å². The Labute approximate surface area is 194 Å². The minimum absolute atomic E-state index is 0.495. The van der Waals surface area contributed by atoms with Crippen molar-refractivity contribution in [3.8, 4) is 0 Å². The van der Waals surface area contributed by atoms with E-state index in [4.69, 9.17) is 14.2 Å². The van der Waals surface area contributed by atoms with Crippen LogP contribution in [0.15, 0.2) is 0 Å². The summed E-state index contributed by atoms with van der Waals surface area (Å²) in [6, 6.07) is 2.73. The Morgan fingerprint density at radius 1 is 0.656 bits per heavy atom. The molecule has 6 heteroatoms. The van der Waals surface area contributed by atoms with E-state index in [2.05, 4.69) is 28.5 Å². The first kappa shape index (κ1) is 22.2. The predicted octanol–water partition coefficient (Wildman–Crippen LogP) is 2.89. The van der Waals surface area contributed by atoms with Crippen LogP contribution in [0.25, 0.3) is 0 Å². The van der Waals surface area contributed by atoms with E-state index in [9.17, 15) is 0 Å². The zero-order valence-corrected chi connectivity index (χ0v) is 20.4. The summed E-state index contributed by atoms with van der Waals surface area (Å²) in [5.41, 5.74) is 0. The van der Waals surface area contributed by atoms with Gasteiger partial charge in [0.05, 0.1) is 37.1 Å². The first-order valence-corrected chi connectivity index (χ1v) is 13.8. The fourth-order valence-electron chi connectivity index (χ4n) is 7.54. The highest BCUT2D eigenvalue weighted by atomic mass is 16.5. The van der Waals surface area contributed by atoms with E-state index >= 15 is 0 Å². The van der Waals surface area contributed by atoms with Gasteiger partial charge in [-0.3, -0.25) is 14.7 Å². The van der Waals surface area contributed by atoms with Gasteiger partial charge in [0.1, 0.15) is 0 Å². The van der Waals surface area contributed by atoms with Gasteiger partial charge in [-0.25, -0.2) is 0 Å². The van der Waals surface area contributed by atoms with Gasteiger partial charge >= 0.3 is 0 Å². The second kappa shape index (κ2) is 9.43. The molecule has 8 heterocycles. The Balaban J connectivity index is 1.04. The fourth-order valence-corrected chi connectivity index (χ4v) is 7.54. The molecule has 0 N–H and O–H groups in total. The SMILES string of the molecule is CC(CCC(CCC(C)N1CC2CCC1CO2)N1CC2CC(C1)O2)N1CC2CCC(C1)O2. The van der Waals surface area contributed by atoms with Gasteiger partial charge in [0.15, 0.2) is 0 Å². The number of hydrogen-bond acceptors (Lipinski definition) is 6. The molecule has 0 spiro atoms. The molecule has 0 radical (unpaired) electrons. The molecular formula is C26H45N3O3. The molecule has 182 valence electrons. The number of nitrogens with zero attached hydrogens (tertiary/aromatic N) is 3. The lowest BCUT2D eigenvalue weighted by Gasteiger charge is -2.51. The zero-order chi connectivity index (χ0) is 21.7. The van der Waals surface area contributed by atoms with Gasteiger partial charge in [0, 0.05) is 63.3 Å². The molecule has 0 amide bonds. The fraction of sp³-hybridized carbons (Fsp3) is 1.00. The summed E-state index contributed by atoms with van der Waals surface area (Å²) in [6.07, 6.45) is 14.3. The third-order valence-corrected chi connectivity index (χ3v) is 9.63. The van der Waals surface area contributed by atoms with E-state index in [0.717, 1.165) is 39.3 Å². The molecule has 32 heavy (non-hydrogen) atoms. The Kier molecular flexibility index (Phi) is 6.55. The number of likely N-dealkylation sites (tertiary alicyclic amines) is 1. The summed E-state index contributed by atoms with van der Waals surface area (Å²) in [4.78, 5) is 8.31. The van der Waals surface area contributed by atoms with E-state index in [1.54, 1.807) is 0 Å². The normalized spacial score (nSPS) is 42.6. The van der Waals surface area contributed by atoms with Gasteiger partial charge in [-0.2, -0.15) is 0 Å². The number of hydrogen-bond donors (Lipinski definition) is 0. The predicted molar refractivity (Wildman–Crippen MR) is 125 cm³/mol. The summed E-state index contributed by atoms with van der Waals surface area (Å²) in [5, 5.41) is 0. The highest BCUT2D eigenvalue weighted by molar-refractivity contribution is 4.94. The summed E-state index contributed by atoms with van der Waals surface area (Å²) >= 11 is 0. The second-order valence-electron chi connectivity index (χ2n) is 11.9.